The number of aromatic amines is 1. The maximum absolute atomic E-state index is 11.0. The van der Waals surface area contributed by atoms with Gasteiger partial charge in [0.2, 0.25) is 5.69 Å². The molecule has 0 amide bonds. The predicted octanol–water partition coefficient (Wildman–Crippen LogP) is 0.400. The van der Waals surface area contributed by atoms with Crippen molar-refractivity contribution in [3.05, 3.63) is 17.0 Å². The Balaban J connectivity index is 2.90. The molecule has 4 heteroatoms. The molecule has 0 radical (unpaired) electrons. The minimum atomic E-state index is -0.241. The predicted molar refractivity (Wildman–Crippen MR) is 47.2 cm³/mol. The Bertz CT molecular complexity index is 329. The van der Waals surface area contributed by atoms with Gasteiger partial charge in [-0.15, -0.1) is 4.68 Å². The lowest BCUT2D eigenvalue weighted by atomic mass is 10.2. The highest BCUT2D eigenvalue weighted by atomic mass is 16.5. The normalized spacial score (nSPS) is 10.2. The van der Waals surface area contributed by atoms with Gasteiger partial charge < -0.3 is 4.74 Å². The fourth-order valence-corrected chi connectivity index (χ4v) is 1.20. The molecule has 0 aliphatic heterocycles. The van der Waals surface area contributed by atoms with E-state index in [9.17, 15) is 4.79 Å². The highest BCUT2D eigenvalue weighted by Crippen LogP contribution is 2.04. The zero-order chi connectivity index (χ0) is 10.0. The summed E-state index contributed by atoms with van der Waals surface area (Å²) >= 11 is 0. The van der Waals surface area contributed by atoms with Gasteiger partial charge in [0.1, 0.15) is 0 Å². The minimum Gasteiger partial charge on any atom is -0.464 e. The second-order valence-electron chi connectivity index (χ2n) is 3.11. The van der Waals surface area contributed by atoms with Crippen LogP contribution >= 0.6 is 0 Å². The Kier molecular flexibility index (Phi) is 2.70. The van der Waals surface area contributed by atoms with Crippen molar-refractivity contribution in [1.29, 1.82) is 0 Å². The number of carbonyl (C=O) groups is 1. The topological polar surface area (TPSA) is 46.0 Å². The molecule has 0 fully saturated rings. The highest BCUT2D eigenvalue weighted by molar-refractivity contribution is 5.67. The number of esters is 1. The van der Waals surface area contributed by atoms with Crippen molar-refractivity contribution in [3.63, 3.8) is 0 Å². The molecule has 0 unspecified atom stereocenters. The van der Waals surface area contributed by atoms with E-state index in [4.69, 9.17) is 0 Å². The SMILES string of the molecule is COC(=O)C[n+]1[nH]c(C)c(C)c1C. The lowest BCUT2D eigenvalue weighted by Gasteiger charge is -1.93. The number of nitrogens with zero attached hydrogens (tertiary/aromatic N) is 1. The van der Waals surface area contributed by atoms with Crippen LogP contribution in [0.3, 0.4) is 0 Å². The lowest BCUT2D eigenvalue weighted by Crippen LogP contribution is -2.42. The summed E-state index contributed by atoms with van der Waals surface area (Å²) in [7, 11) is 1.39. The van der Waals surface area contributed by atoms with Crippen LogP contribution in [0.15, 0.2) is 0 Å². The molecule has 0 saturated heterocycles. The average molecular weight is 183 g/mol. The molecule has 0 aromatic carbocycles. The maximum Gasteiger partial charge on any atom is 0.374 e. The molecule has 0 atom stereocenters. The van der Waals surface area contributed by atoms with Crippen LogP contribution in [-0.4, -0.2) is 18.2 Å². The summed E-state index contributed by atoms with van der Waals surface area (Å²) in [5, 5.41) is 3.09. The number of ether oxygens (including phenoxy) is 1. The fourth-order valence-electron chi connectivity index (χ4n) is 1.20. The van der Waals surface area contributed by atoms with Gasteiger partial charge in [0, 0.05) is 12.5 Å². The summed E-state index contributed by atoms with van der Waals surface area (Å²) in [6.07, 6.45) is 0. The van der Waals surface area contributed by atoms with Crippen molar-refractivity contribution < 1.29 is 14.2 Å². The third-order valence-electron chi connectivity index (χ3n) is 2.33. The maximum atomic E-state index is 11.0. The zero-order valence-electron chi connectivity index (χ0n) is 8.47. The number of rotatable bonds is 2. The Hall–Kier alpha value is -1.32. The smallest absolute Gasteiger partial charge is 0.374 e. The van der Waals surface area contributed by atoms with Crippen LogP contribution in [0.5, 0.6) is 0 Å². The highest BCUT2D eigenvalue weighted by Gasteiger charge is 2.18. The van der Waals surface area contributed by atoms with Crippen molar-refractivity contribution >= 4 is 5.97 Å². The minimum absolute atomic E-state index is 0.241. The van der Waals surface area contributed by atoms with E-state index in [1.165, 1.54) is 12.7 Å². The number of carbonyl (C=O) groups excluding carboxylic acids is 1. The Labute approximate surface area is 77.5 Å². The first-order valence-electron chi connectivity index (χ1n) is 4.18. The number of nitrogens with one attached hydrogen (secondary N) is 1. The molecule has 1 aromatic rings. The van der Waals surface area contributed by atoms with Gasteiger partial charge >= 0.3 is 5.97 Å². The van der Waals surface area contributed by atoms with E-state index < -0.39 is 0 Å². The molecule has 4 nitrogen and oxygen atoms in total. The van der Waals surface area contributed by atoms with Crippen LogP contribution < -0.4 is 4.68 Å². The van der Waals surface area contributed by atoms with Crippen LogP contribution in [0.2, 0.25) is 0 Å². The van der Waals surface area contributed by atoms with Crippen LogP contribution in [-0.2, 0) is 16.1 Å². The monoisotopic (exact) mass is 183 g/mol. The van der Waals surface area contributed by atoms with E-state index in [1.54, 1.807) is 4.68 Å². The Morgan fingerprint density at radius 3 is 2.46 bits per heavy atom. The third-order valence-corrected chi connectivity index (χ3v) is 2.33. The van der Waals surface area contributed by atoms with E-state index >= 15 is 0 Å². The molecule has 0 bridgehead atoms. The van der Waals surface area contributed by atoms with Gasteiger partial charge in [0.15, 0.2) is 0 Å². The van der Waals surface area contributed by atoms with Gasteiger partial charge in [-0.25, -0.2) is 4.79 Å². The summed E-state index contributed by atoms with van der Waals surface area (Å²) in [6, 6.07) is 0. The first-order valence-corrected chi connectivity index (χ1v) is 4.18. The van der Waals surface area contributed by atoms with Crippen LogP contribution in [0.1, 0.15) is 17.0 Å². The third kappa shape index (κ3) is 1.88. The van der Waals surface area contributed by atoms with E-state index in [-0.39, 0.29) is 12.5 Å². The molecule has 1 rings (SSSR count). The van der Waals surface area contributed by atoms with Gasteiger partial charge in [-0.05, 0) is 13.8 Å². The number of aromatic nitrogens is 2. The molecule has 13 heavy (non-hydrogen) atoms. The Morgan fingerprint density at radius 1 is 1.46 bits per heavy atom. The number of hydrogen-bond acceptors (Lipinski definition) is 2. The first-order chi connectivity index (χ1) is 6.06. The van der Waals surface area contributed by atoms with Gasteiger partial charge in [-0.2, -0.15) is 5.10 Å². The molecule has 1 heterocycles. The van der Waals surface area contributed by atoms with Crippen molar-refractivity contribution in [3.8, 4) is 0 Å². The van der Waals surface area contributed by atoms with Gasteiger partial charge in [-0.1, -0.05) is 0 Å². The number of methoxy groups -OCH3 is 1. The quantitative estimate of drug-likeness (QED) is 0.533. The molecular formula is C9H15N2O2+. The number of aryl methyl sites for hydroxylation is 1. The standard InChI is InChI=1S/C9H14N2O2/c1-6-7(2)10-11(8(6)3)5-9(12)13-4/h5H2,1-4H3/p+1. The van der Waals surface area contributed by atoms with Gasteiger partial charge in [-0.3, -0.25) is 0 Å². The van der Waals surface area contributed by atoms with E-state index in [0.29, 0.717) is 0 Å². The van der Waals surface area contributed by atoms with Crippen molar-refractivity contribution in [2.45, 2.75) is 27.3 Å². The average Bonchev–Trinajstić information content (AvgIpc) is 2.34. The van der Waals surface area contributed by atoms with Crippen molar-refractivity contribution in [2.75, 3.05) is 7.11 Å². The second-order valence-corrected chi connectivity index (χ2v) is 3.11. The van der Waals surface area contributed by atoms with Crippen LogP contribution in [0, 0.1) is 20.8 Å². The van der Waals surface area contributed by atoms with Crippen LogP contribution in [0.4, 0.5) is 0 Å². The van der Waals surface area contributed by atoms with Gasteiger partial charge in [0.05, 0.1) is 12.8 Å². The fraction of sp³-hybridized carbons (Fsp3) is 0.556. The second kappa shape index (κ2) is 3.60. The van der Waals surface area contributed by atoms with Gasteiger partial charge in [0.25, 0.3) is 6.54 Å². The zero-order valence-corrected chi connectivity index (χ0v) is 8.47. The summed E-state index contributed by atoms with van der Waals surface area (Å²) in [5.41, 5.74) is 3.34. The summed E-state index contributed by atoms with van der Waals surface area (Å²) in [4.78, 5) is 11.0. The molecule has 1 aromatic heterocycles. The summed E-state index contributed by atoms with van der Waals surface area (Å²) < 4.78 is 6.37. The van der Waals surface area contributed by atoms with E-state index in [0.717, 1.165) is 11.4 Å². The van der Waals surface area contributed by atoms with Crippen molar-refractivity contribution in [2.24, 2.45) is 0 Å². The number of hydrogen-bond donors (Lipinski definition) is 1. The first kappa shape index (κ1) is 9.77. The molecule has 1 N–H and O–H groups in total. The lowest BCUT2D eigenvalue weighted by molar-refractivity contribution is -0.745. The molecule has 72 valence electrons. The summed E-state index contributed by atoms with van der Waals surface area (Å²) in [6.45, 7) is 6.23. The van der Waals surface area contributed by atoms with Crippen molar-refractivity contribution in [1.82, 2.24) is 5.10 Å². The van der Waals surface area contributed by atoms with E-state index in [2.05, 4.69) is 9.84 Å². The molecule has 0 saturated carbocycles. The van der Waals surface area contributed by atoms with Crippen LogP contribution in [0.25, 0.3) is 0 Å². The Morgan fingerprint density at radius 2 is 2.08 bits per heavy atom. The largest absolute Gasteiger partial charge is 0.464 e. The molecular weight excluding hydrogens is 168 g/mol. The molecule has 0 aliphatic carbocycles. The summed E-state index contributed by atoms with van der Waals surface area (Å²) in [5.74, 6) is -0.241. The number of H-pyrrole nitrogens is 1. The van der Waals surface area contributed by atoms with E-state index in [1.807, 2.05) is 20.8 Å². The molecule has 0 spiro atoms. The molecule has 0 aliphatic rings.